The van der Waals surface area contributed by atoms with Crippen LogP contribution < -0.4 is 5.32 Å². The zero-order valence-electron chi connectivity index (χ0n) is 12.1. The maximum atomic E-state index is 12.4. The van der Waals surface area contributed by atoms with Crippen LogP contribution in [0.1, 0.15) is 53.6 Å². The Morgan fingerprint density at radius 2 is 1.81 bits per heavy atom. The fourth-order valence-electron chi connectivity index (χ4n) is 3.55. The molecule has 3 rings (SSSR count). The molecule has 1 aromatic rings. The van der Waals surface area contributed by atoms with Crippen LogP contribution in [0, 0.1) is 5.92 Å². The molecule has 2 aliphatic carbocycles. The minimum atomic E-state index is -0.803. The average Bonchev–Trinajstić information content (AvgIpc) is 2.95. The van der Waals surface area contributed by atoms with Gasteiger partial charge in [-0.15, -0.1) is 0 Å². The molecule has 112 valence electrons. The van der Waals surface area contributed by atoms with Gasteiger partial charge in [0.1, 0.15) is 0 Å². The molecule has 1 aromatic carbocycles. The molecule has 0 aromatic heterocycles. The molecule has 2 atom stereocenters. The Labute approximate surface area is 124 Å². The zero-order valence-corrected chi connectivity index (χ0v) is 12.1. The molecule has 4 nitrogen and oxygen atoms in total. The fraction of sp³-hybridized carbons (Fsp3) is 0.529. The lowest BCUT2D eigenvalue weighted by atomic mass is 9.90. The number of hydrogen-bond donors (Lipinski definition) is 2. The first-order chi connectivity index (χ1) is 10.1. The highest BCUT2D eigenvalue weighted by molar-refractivity contribution is 5.95. The quantitative estimate of drug-likeness (QED) is 0.898. The molecule has 0 heterocycles. The summed E-state index contributed by atoms with van der Waals surface area (Å²) in [6.07, 6.45) is 6.82. The molecule has 2 N–H and O–H groups in total. The van der Waals surface area contributed by atoms with Crippen molar-refractivity contribution < 1.29 is 14.7 Å². The van der Waals surface area contributed by atoms with E-state index in [2.05, 4.69) is 5.32 Å². The van der Waals surface area contributed by atoms with Crippen LogP contribution in [0.4, 0.5) is 0 Å². The smallest absolute Gasteiger partial charge is 0.308 e. The van der Waals surface area contributed by atoms with E-state index in [0.29, 0.717) is 12.0 Å². The number of aryl methyl sites for hydroxylation is 2. The Balaban J connectivity index is 1.72. The van der Waals surface area contributed by atoms with Gasteiger partial charge < -0.3 is 10.4 Å². The number of benzene rings is 1. The molecule has 1 fully saturated rings. The second-order valence-corrected chi connectivity index (χ2v) is 6.15. The molecule has 1 saturated carbocycles. The van der Waals surface area contributed by atoms with Crippen LogP contribution in [0.5, 0.6) is 0 Å². The second-order valence-electron chi connectivity index (χ2n) is 6.15. The van der Waals surface area contributed by atoms with Gasteiger partial charge in [0.05, 0.1) is 5.92 Å². The number of fused-ring (bicyclic) bond motifs is 1. The van der Waals surface area contributed by atoms with Crippen LogP contribution in [-0.2, 0) is 17.6 Å². The Morgan fingerprint density at radius 3 is 2.57 bits per heavy atom. The van der Waals surface area contributed by atoms with Gasteiger partial charge in [0, 0.05) is 11.6 Å². The van der Waals surface area contributed by atoms with Crippen molar-refractivity contribution >= 4 is 11.9 Å². The Bertz CT molecular complexity index is 567. The molecule has 0 aliphatic heterocycles. The van der Waals surface area contributed by atoms with Gasteiger partial charge in [-0.1, -0.05) is 12.5 Å². The van der Waals surface area contributed by atoms with Crippen molar-refractivity contribution in [1.29, 1.82) is 0 Å². The van der Waals surface area contributed by atoms with Gasteiger partial charge in [-0.3, -0.25) is 9.59 Å². The van der Waals surface area contributed by atoms with Crippen LogP contribution >= 0.6 is 0 Å². The predicted molar refractivity (Wildman–Crippen MR) is 79.3 cm³/mol. The first-order valence-electron chi connectivity index (χ1n) is 7.80. The van der Waals surface area contributed by atoms with Gasteiger partial charge in [-0.25, -0.2) is 0 Å². The van der Waals surface area contributed by atoms with Gasteiger partial charge in [0.25, 0.3) is 5.91 Å². The monoisotopic (exact) mass is 287 g/mol. The van der Waals surface area contributed by atoms with Crippen LogP contribution in [0.15, 0.2) is 18.2 Å². The standard InChI is InChI=1S/C17H21NO3/c19-16(18-15-7-3-6-14(15)17(20)21)13-9-8-11-4-1-2-5-12(11)10-13/h8-10,14-15H,1-7H2,(H,18,19)(H,20,21)/t14-,15+/m1/s1. The van der Waals surface area contributed by atoms with Crippen LogP contribution in [0.25, 0.3) is 0 Å². The highest BCUT2D eigenvalue weighted by Crippen LogP contribution is 2.27. The van der Waals surface area contributed by atoms with Crippen molar-refractivity contribution in [2.75, 3.05) is 0 Å². The van der Waals surface area contributed by atoms with Gasteiger partial charge in [-0.05, 0) is 61.8 Å². The van der Waals surface area contributed by atoms with Gasteiger partial charge in [-0.2, -0.15) is 0 Å². The molecule has 0 unspecified atom stereocenters. The van der Waals surface area contributed by atoms with Crippen LogP contribution in [-0.4, -0.2) is 23.0 Å². The Hall–Kier alpha value is -1.84. The van der Waals surface area contributed by atoms with E-state index in [1.807, 2.05) is 18.2 Å². The number of carboxylic acid groups (broad SMARTS) is 1. The van der Waals surface area contributed by atoms with Gasteiger partial charge >= 0.3 is 5.97 Å². The van der Waals surface area contributed by atoms with Crippen LogP contribution in [0.2, 0.25) is 0 Å². The minimum absolute atomic E-state index is 0.137. The summed E-state index contributed by atoms with van der Waals surface area (Å²) in [6, 6.07) is 5.66. The molecule has 1 amide bonds. The third-order valence-corrected chi connectivity index (χ3v) is 4.76. The number of hydrogen-bond acceptors (Lipinski definition) is 2. The minimum Gasteiger partial charge on any atom is -0.481 e. The topological polar surface area (TPSA) is 66.4 Å². The molecule has 4 heteroatoms. The molecule has 21 heavy (non-hydrogen) atoms. The predicted octanol–water partition coefficient (Wildman–Crippen LogP) is 2.55. The van der Waals surface area contributed by atoms with Crippen molar-refractivity contribution in [2.24, 2.45) is 5.92 Å². The maximum absolute atomic E-state index is 12.4. The number of carbonyl (C=O) groups is 2. The number of rotatable bonds is 3. The van der Waals surface area contributed by atoms with E-state index in [4.69, 9.17) is 0 Å². The highest BCUT2D eigenvalue weighted by atomic mass is 16.4. The van der Waals surface area contributed by atoms with Crippen LogP contribution in [0.3, 0.4) is 0 Å². The van der Waals surface area contributed by atoms with E-state index in [1.165, 1.54) is 24.0 Å². The van der Waals surface area contributed by atoms with E-state index in [-0.39, 0.29) is 11.9 Å². The lowest BCUT2D eigenvalue weighted by molar-refractivity contribution is -0.142. The molecule has 0 radical (unpaired) electrons. The van der Waals surface area contributed by atoms with Crippen molar-refractivity contribution in [3.05, 3.63) is 34.9 Å². The zero-order chi connectivity index (χ0) is 14.8. The maximum Gasteiger partial charge on any atom is 0.308 e. The number of carboxylic acids is 1. The van der Waals surface area contributed by atoms with Crippen molar-refractivity contribution in [3.8, 4) is 0 Å². The summed E-state index contributed by atoms with van der Waals surface area (Å²) in [7, 11) is 0. The first kappa shape index (κ1) is 14.1. The van der Waals surface area contributed by atoms with Crippen molar-refractivity contribution in [2.45, 2.75) is 51.0 Å². The molecule has 0 bridgehead atoms. The van der Waals surface area contributed by atoms with Gasteiger partial charge in [0.15, 0.2) is 0 Å². The number of carbonyl (C=O) groups excluding carboxylic acids is 1. The summed E-state index contributed by atoms with van der Waals surface area (Å²) in [5, 5.41) is 12.1. The normalized spacial score (nSPS) is 24.4. The summed E-state index contributed by atoms with van der Waals surface area (Å²) in [6.45, 7) is 0. The molecule has 0 spiro atoms. The highest BCUT2D eigenvalue weighted by Gasteiger charge is 2.34. The first-order valence-corrected chi connectivity index (χ1v) is 7.80. The molecule has 0 saturated heterocycles. The molecular weight excluding hydrogens is 266 g/mol. The lowest BCUT2D eigenvalue weighted by Crippen LogP contribution is -2.40. The third kappa shape index (κ3) is 2.94. The summed E-state index contributed by atoms with van der Waals surface area (Å²) in [5.74, 6) is -1.38. The number of amides is 1. The summed E-state index contributed by atoms with van der Waals surface area (Å²) >= 11 is 0. The Kier molecular flexibility index (Phi) is 3.95. The Morgan fingerprint density at radius 1 is 1.05 bits per heavy atom. The summed E-state index contributed by atoms with van der Waals surface area (Å²) in [5.41, 5.74) is 3.28. The van der Waals surface area contributed by atoms with E-state index < -0.39 is 11.9 Å². The van der Waals surface area contributed by atoms with Gasteiger partial charge in [0.2, 0.25) is 0 Å². The number of aliphatic carboxylic acids is 1. The molecular formula is C17H21NO3. The van der Waals surface area contributed by atoms with Crippen molar-refractivity contribution in [1.82, 2.24) is 5.32 Å². The third-order valence-electron chi connectivity index (χ3n) is 4.76. The molecule has 2 aliphatic rings. The SMILES string of the molecule is O=C(N[C@H]1CCC[C@H]1C(=O)O)c1ccc2c(c1)CCCC2. The number of nitrogens with one attached hydrogen (secondary N) is 1. The average molecular weight is 287 g/mol. The van der Waals surface area contributed by atoms with Crippen molar-refractivity contribution in [3.63, 3.8) is 0 Å². The fourth-order valence-corrected chi connectivity index (χ4v) is 3.55. The van der Waals surface area contributed by atoms with E-state index in [9.17, 15) is 14.7 Å². The second kappa shape index (κ2) is 5.88. The lowest BCUT2D eigenvalue weighted by Gasteiger charge is -2.19. The van der Waals surface area contributed by atoms with E-state index in [0.717, 1.165) is 25.7 Å². The summed E-state index contributed by atoms with van der Waals surface area (Å²) in [4.78, 5) is 23.5. The largest absolute Gasteiger partial charge is 0.481 e. The summed E-state index contributed by atoms with van der Waals surface area (Å²) < 4.78 is 0. The van der Waals surface area contributed by atoms with E-state index in [1.54, 1.807) is 0 Å². The van der Waals surface area contributed by atoms with E-state index >= 15 is 0 Å².